The molecular weight excluding hydrogens is 311 g/mol. The fourth-order valence-corrected chi connectivity index (χ4v) is 3.44. The van der Waals surface area contributed by atoms with E-state index in [2.05, 4.69) is 5.32 Å². The number of aliphatic imine (C=N–C) groups is 1. The summed E-state index contributed by atoms with van der Waals surface area (Å²) in [5.41, 5.74) is 0.893. The first kappa shape index (κ1) is 16.0. The lowest BCUT2D eigenvalue weighted by atomic mass is 10.1. The summed E-state index contributed by atoms with van der Waals surface area (Å²) in [6.45, 7) is 0. The summed E-state index contributed by atoms with van der Waals surface area (Å²) in [6.07, 6.45) is 9.70. The maximum atomic E-state index is 6.02. The topological polar surface area (TPSA) is 24.4 Å². The lowest BCUT2D eigenvalue weighted by molar-refractivity contribution is 0.587. The van der Waals surface area contributed by atoms with E-state index in [9.17, 15) is 0 Å². The maximum Gasteiger partial charge on any atom is 0.161 e. The minimum absolute atomic E-state index is 0.446. The Bertz CT molecular complexity index is 449. The zero-order valence-electron chi connectivity index (χ0n) is 11.7. The van der Waals surface area contributed by atoms with Crippen molar-refractivity contribution in [2.24, 2.45) is 4.99 Å². The number of benzene rings is 1. The van der Waals surface area contributed by atoms with Gasteiger partial charge in [-0.15, -0.1) is 0 Å². The highest BCUT2D eigenvalue weighted by Gasteiger charge is 2.12. The van der Waals surface area contributed by atoms with Crippen LogP contribution in [-0.4, -0.2) is 17.5 Å². The Morgan fingerprint density at radius 2 is 1.70 bits per heavy atom. The first-order valence-electron chi connectivity index (χ1n) is 7.02. The fourth-order valence-electron chi connectivity index (χ4n) is 2.44. The van der Waals surface area contributed by atoms with Crippen LogP contribution >= 0.6 is 35.0 Å². The van der Waals surface area contributed by atoms with E-state index in [1.54, 1.807) is 17.8 Å². The molecule has 0 saturated heterocycles. The average molecular weight is 331 g/mol. The highest BCUT2D eigenvalue weighted by Crippen LogP contribution is 2.24. The number of halogens is 2. The molecule has 1 aromatic rings. The molecule has 5 heteroatoms. The fraction of sp³-hybridized carbons (Fsp3) is 0.533. The van der Waals surface area contributed by atoms with Gasteiger partial charge in [-0.05, 0) is 37.3 Å². The van der Waals surface area contributed by atoms with Crippen molar-refractivity contribution >= 4 is 45.8 Å². The van der Waals surface area contributed by atoms with Crippen LogP contribution in [0.2, 0.25) is 10.0 Å². The molecule has 2 nitrogen and oxygen atoms in total. The molecule has 0 heterocycles. The molecule has 0 aliphatic heterocycles. The number of hydrogen-bond donors (Lipinski definition) is 1. The second-order valence-electron chi connectivity index (χ2n) is 5.07. The summed E-state index contributed by atoms with van der Waals surface area (Å²) >= 11 is 13.7. The van der Waals surface area contributed by atoms with Gasteiger partial charge in [-0.3, -0.25) is 4.99 Å². The molecule has 110 valence electrons. The highest BCUT2D eigenvalue weighted by atomic mass is 35.5. The van der Waals surface area contributed by atoms with Crippen LogP contribution in [0.25, 0.3) is 0 Å². The van der Waals surface area contributed by atoms with Gasteiger partial charge < -0.3 is 5.32 Å². The number of anilines is 1. The van der Waals surface area contributed by atoms with E-state index >= 15 is 0 Å². The van der Waals surface area contributed by atoms with E-state index in [0.717, 1.165) is 10.9 Å². The number of rotatable bonds is 2. The third kappa shape index (κ3) is 5.19. The van der Waals surface area contributed by atoms with Crippen molar-refractivity contribution in [3.8, 4) is 0 Å². The Labute approximate surface area is 135 Å². The van der Waals surface area contributed by atoms with Gasteiger partial charge in [-0.1, -0.05) is 60.6 Å². The smallest absolute Gasteiger partial charge is 0.161 e. The molecule has 0 aromatic heterocycles. The van der Waals surface area contributed by atoms with Crippen molar-refractivity contribution in [3.63, 3.8) is 0 Å². The molecule has 20 heavy (non-hydrogen) atoms. The highest BCUT2D eigenvalue weighted by molar-refractivity contribution is 8.13. The molecule has 0 unspecified atom stereocenters. The average Bonchev–Trinajstić information content (AvgIpc) is 2.65. The van der Waals surface area contributed by atoms with E-state index in [1.165, 1.54) is 38.5 Å². The molecule has 1 aliphatic carbocycles. The van der Waals surface area contributed by atoms with Crippen molar-refractivity contribution in [2.75, 3.05) is 11.6 Å². The lowest BCUT2D eigenvalue weighted by Crippen LogP contribution is -2.13. The molecule has 1 fully saturated rings. The van der Waals surface area contributed by atoms with Crippen LogP contribution in [0.5, 0.6) is 0 Å². The van der Waals surface area contributed by atoms with Crippen LogP contribution in [0, 0.1) is 0 Å². The SMILES string of the molecule is CSC(=NC1CCCCCC1)Nc1cc(Cl)cc(Cl)c1. The molecule has 1 aliphatic rings. The lowest BCUT2D eigenvalue weighted by Gasteiger charge is -2.13. The number of nitrogens with zero attached hydrogens (tertiary/aromatic N) is 1. The first-order valence-corrected chi connectivity index (χ1v) is 9.00. The molecule has 0 amide bonds. The summed E-state index contributed by atoms with van der Waals surface area (Å²) in [7, 11) is 0. The van der Waals surface area contributed by atoms with Gasteiger partial charge >= 0.3 is 0 Å². The van der Waals surface area contributed by atoms with Crippen molar-refractivity contribution < 1.29 is 0 Å². The zero-order chi connectivity index (χ0) is 14.4. The number of thioether (sulfide) groups is 1. The minimum atomic E-state index is 0.446. The number of hydrogen-bond acceptors (Lipinski definition) is 2. The molecular formula is C15H20Cl2N2S. The van der Waals surface area contributed by atoms with E-state index in [4.69, 9.17) is 28.2 Å². The van der Waals surface area contributed by atoms with E-state index < -0.39 is 0 Å². The Kier molecular flexibility index (Phi) is 6.53. The largest absolute Gasteiger partial charge is 0.335 e. The van der Waals surface area contributed by atoms with E-state index in [0.29, 0.717) is 16.1 Å². The Morgan fingerprint density at radius 3 is 2.25 bits per heavy atom. The number of amidine groups is 1. The van der Waals surface area contributed by atoms with Gasteiger partial charge in [0.1, 0.15) is 0 Å². The summed E-state index contributed by atoms with van der Waals surface area (Å²) in [6, 6.07) is 5.91. The second kappa shape index (κ2) is 8.16. The predicted molar refractivity (Wildman–Crippen MR) is 92.5 cm³/mol. The van der Waals surface area contributed by atoms with E-state index in [-0.39, 0.29) is 0 Å². The summed E-state index contributed by atoms with van der Waals surface area (Å²) in [5, 5.41) is 5.53. The van der Waals surface area contributed by atoms with Gasteiger partial charge in [0.2, 0.25) is 0 Å². The van der Waals surface area contributed by atoms with Crippen LogP contribution in [0.4, 0.5) is 5.69 Å². The van der Waals surface area contributed by atoms with Gasteiger partial charge in [0.15, 0.2) is 5.17 Å². The predicted octanol–water partition coefficient (Wildman–Crippen LogP) is 5.85. The molecule has 0 radical (unpaired) electrons. The first-order chi connectivity index (χ1) is 9.67. The van der Waals surface area contributed by atoms with Crippen molar-refractivity contribution in [1.29, 1.82) is 0 Å². The zero-order valence-corrected chi connectivity index (χ0v) is 14.0. The molecule has 0 spiro atoms. The normalized spacial score (nSPS) is 17.9. The molecule has 2 rings (SSSR count). The third-order valence-corrected chi connectivity index (χ3v) is 4.46. The standard InChI is InChI=1S/C15H20Cl2N2S/c1-20-15(18-13-6-4-2-3-5-7-13)19-14-9-11(16)8-12(17)10-14/h8-10,13H,2-7H2,1H3,(H,18,19). The van der Waals surface area contributed by atoms with Crippen molar-refractivity contribution in [3.05, 3.63) is 28.2 Å². The second-order valence-corrected chi connectivity index (χ2v) is 6.73. The maximum absolute atomic E-state index is 6.02. The van der Waals surface area contributed by atoms with Gasteiger partial charge in [-0.25, -0.2) is 0 Å². The molecule has 0 bridgehead atoms. The summed E-state index contributed by atoms with van der Waals surface area (Å²) < 4.78 is 0. The quantitative estimate of drug-likeness (QED) is 0.418. The Morgan fingerprint density at radius 1 is 1.10 bits per heavy atom. The van der Waals surface area contributed by atoms with Crippen molar-refractivity contribution in [2.45, 2.75) is 44.6 Å². The molecule has 1 saturated carbocycles. The Hall–Kier alpha value is -0.380. The van der Waals surface area contributed by atoms with Gasteiger partial charge in [0, 0.05) is 15.7 Å². The van der Waals surface area contributed by atoms with Gasteiger partial charge in [0.25, 0.3) is 0 Å². The summed E-state index contributed by atoms with van der Waals surface area (Å²) in [5.74, 6) is 0. The molecule has 1 N–H and O–H groups in total. The van der Waals surface area contributed by atoms with Crippen LogP contribution in [0.1, 0.15) is 38.5 Å². The molecule has 0 atom stereocenters. The van der Waals surface area contributed by atoms with Crippen LogP contribution in [-0.2, 0) is 0 Å². The van der Waals surface area contributed by atoms with Gasteiger partial charge in [0.05, 0.1) is 6.04 Å². The van der Waals surface area contributed by atoms with Crippen molar-refractivity contribution in [1.82, 2.24) is 0 Å². The third-order valence-electron chi connectivity index (χ3n) is 3.43. The number of nitrogens with one attached hydrogen (secondary N) is 1. The minimum Gasteiger partial charge on any atom is -0.335 e. The summed E-state index contributed by atoms with van der Waals surface area (Å²) in [4.78, 5) is 4.85. The van der Waals surface area contributed by atoms with Crippen LogP contribution in [0.15, 0.2) is 23.2 Å². The monoisotopic (exact) mass is 330 g/mol. The molecule has 1 aromatic carbocycles. The Balaban J connectivity index is 2.06. The van der Waals surface area contributed by atoms with Crippen LogP contribution in [0.3, 0.4) is 0 Å². The van der Waals surface area contributed by atoms with E-state index in [1.807, 2.05) is 18.4 Å². The van der Waals surface area contributed by atoms with Gasteiger partial charge in [-0.2, -0.15) is 0 Å². The van der Waals surface area contributed by atoms with Crippen LogP contribution < -0.4 is 5.32 Å².